The zero-order chi connectivity index (χ0) is 23.2. The molecule has 180 valence electrons. The van der Waals surface area contributed by atoms with E-state index in [4.69, 9.17) is 9.47 Å². The van der Waals surface area contributed by atoms with Gasteiger partial charge in [-0.3, -0.25) is 0 Å². The van der Waals surface area contributed by atoms with E-state index in [0.29, 0.717) is 31.2 Å². The summed E-state index contributed by atoms with van der Waals surface area (Å²) in [6, 6.07) is 35.0. The highest BCUT2D eigenvalue weighted by Gasteiger charge is 2.83. The first-order valence-corrected chi connectivity index (χ1v) is 13.3. The van der Waals surface area contributed by atoms with E-state index in [-0.39, 0.29) is 5.41 Å². The predicted octanol–water partition coefficient (Wildman–Crippen LogP) is 4.20. The Kier molecular flexibility index (Phi) is 5.51. The molecule has 2 aliphatic carbocycles. The molecule has 4 nitrogen and oxygen atoms in total. The molecule has 0 spiro atoms. The molecule has 0 radical (unpaired) electrons. The summed E-state index contributed by atoms with van der Waals surface area (Å²) >= 11 is 0. The van der Waals surface area contributed by atoms with E-state index >= 15 is 0 Å². The van der Waals surface area contributed by atoms with Crippen LogP contribution in [0.25, 0.3) is 0 Å². The maximum atomic E-state index is 6.49. The molecule has 7 rings (SSSR count). The van der Waals surface area contributed by atoms with Crippen molar-refractivity contribution in [2.75, 3.05) is 13.2 Å². The van der Waals surface area contributed by atoms with Crippen LogP contribution in [0.4, 0.5) is 0 Å². The lowest BCUT2D eigenvalue weighted by atomic mass is 9.93. The second kappa shape index (κ2) is 8.86. The van der Waals surface area contributed by atoms with Crippen molar-refractivity contribution in [1.29, 1.82) is 0 Å². The molecule has 6 atom stereocenters. The van der Waals surface area contributed by atoms with Crippen molar-refractivity contribution in [3.8, 4) is 0 Å². The molecule has 4 aliphatic rings. The molecule has 4 heteroatoms. The van der Waals surface area contributed by atoms with E-state index in [1.807, 2.05) is 0 Å². The van der Waals surface area contributed by atoms with E-state index < -0.39 is 0 Å². The number of nitrogens with one attached hydrogen (secondary N) is 1. The molecule has 2 aliphatic heterocycles. The highest BCUT2D eigenvalue weighted by molar-refractivity contribution is 5.30. The van der Waals surface area contributed by atoms with E-state index in [1.54, 1.807) is 5.01 Å². The van der Waals surface area contributed by atoms with Gasteiger partial charge in [0.25, 0.3) is 0 Å². The summed E-state index contributed by atoms with van der Waals surface area (Å²) in [5, 5.41) is 4.59. The predicted molar refractivity (Wildman–Crippen MR) is 135 cm³/mol. The first-order chi connectivity index (χ1) is 17.4. The Hall–Kier alpha value is -2.50. The molecular weight excluding hydrogens is 432 g/mol. The van der Waals surface area contributed by atoms with Crippen LogP contribution in [-0.2, 0) is 22.7 Å². The number of hydrogen-bond acceptors (Lipinski definition) is 3. The Morgan fingerprint density at radius 2 is 1.31 bits per heavy atom. The highest BCUT2D eigenvalue weighted by atomic mass is 16.5. The van der Waals surface area contributed by atoms with Crippen LogP contribution in [-0.4, -0.2) is 36.3 Å². The van der Waals surface area contributed by atoms with Gasteiger partial charge in [0.05, 0.1) is 49.8 Å². The third-order valence-electron chi connectivity index (χ3n) is 9.11. The lowest BCUT2D eigenvalue weighted by Crippen LogP contribution is -3.20. The van der Waals surface area contributed by atoms with Crippen LogP contribution in [0.3, 0.4) is 0 Å². The summed E-state index contributed by atoms with van der Waals surface area (Å²) in [6.45, 7) is 2.87. The van der Waals surface area contributed by atoms with Crippen molar-refractivity contribution in [1.82, 2.24) is 5.01 Å². The number of benzene rings is 3. The highest BCUT2D eigenvalue weighted by Crippen LogP contribution is 2.64. The molecule has 0 amide bonds. The van der Waals surface area contributed by atoms with Crippen LogP contribution in [0.15, 0.2) is 91.0 Å². The van der Waals surface area contributed by atoms with Gasteiger partial charge in [-0.05, 0) is 23.1 Å². The van der Waals surface area contributed by atoms with E-state index in [2.05, 4.69) is 96.0 Å². The second-order valence-corrected chi connectivity index (χ2v) is 11.0. The lowest BCUT2D eigenvalue weighted by molar-refractivity contribution is -1.03. The Morgan fingerprint density at radius 1 is 0.743 bits per heavy atom. The molecule has 0 aromatic heterocycles. The minimum absolute atomic E-state index is 0.0698. The van der Waals surface area contributed by atoms with Crippen molar-refractivity contribution in [3.63, 3.8) is 0 Å². The van der Waals surface area contributed by atoms with Gasteiger partial charge in [0.15, 0.2) is 0 Å². The molecule has 3 aromatic rings. The largest absolute Gasteiger partial charge is 0.376 e. The molecule has 1 unspecified atom stereocenters. The first kappa shape index (κ1) is 21.8. The Bertz CT molecular complexity index is 1090. The van der Waals surface area contributed by atoms with Gasteiger partial charge in [0.2, 0.25) is 0 Å². The maximum absolute atomic E-state index is 6.49. The van der Waals surface area contributed by atoms with Crippen LogP contribution in [0.5, 0.6) is 0 Å². The summed E-state index contributed by atoms with van der Waals surface area (Å²) in [5.41, 5.74) is 4.03. The van der Waals surface area contributed by atoms with Gasteiger partial charge in [-0.15, -0.1) is 5.01 Å². The fourth-order valence-corrected chi connectivity index (χ4v) is 7.67. The third-order valence-corrected chi connectivity index (χ3v) is 9.11. The average molecular weight is 468 g/mol. The van der Waals surface area contributed by atoms with Crippen molar-refractivity contribution < 1.29 is 14.5 Å². The molecule has 4 fully saturated rings. The third kappa shape index (κ3) is 3.66. The summed E-state index contributed by atoms with van der Waals surface area (Å²) in [6.07, 6.45) is 4.08. The molecule has 3 aromatic carbocycles. The normalized spacial score (nSPS) is 31.9. The van der Waals surface area contributed by atoms with Crippen molar-refractivity contribution in [2.24, 2.45) is 11.3 Å². The van der Waals surface area contributed by atoms with Crippen LogP contribution in [0, 0.1) is 11.3 Å². The molecule has 2 saturated carbocycles. The van der Waals surface area contributed by atoms with Gasteiger partial charge in [-0.1, -0.05) is 91.0 Å². The maximum Gasteiger partial charge on any atom is 0.122 e. The minimum Gasteiger partial charge on any atom is -0.376 e. The topological polar surface area (TPSA) is 26.1 Å². The van der Waals surface area contributed by atoms with E-state index in [0.717, 1.165) is 25.3 Å². The molecule has 2 bridgehead atoms. The summed E-state index contributed by atoms with van der Waals surface area (Å²) in [4.78, 5) is 0. The Labute approximate surface area is 208 Å². The van der Waals surface area contributed by atoms with Crippen LogP contribution < -0.4 is 5.01 Å². The number of fused-ring (bicyclic) bond motifs is 7. The average Bonchev–Trinajstić information content (AvgIpc) is 3.31. The number of ether oxygens (including phenoxy) is 2. The molecular formula is C31H35N2O2+. The van der Waals surface area contributed by atoms with Gasteiger partial charge in [-0.25, -0.2) is 5.01 Å². The molecule has 1 N–H and O–H groups in total. The number of hydrogen-bond donors (Lipinski definition) is 1. The summed E-state index contributed by atoms with van der Waals surface area (Å²) in [7, 11) is 0. The van der Waals surface area contributed by atoms with Gasteiger partial charge in [0.1, 0.15) is 12.1 Å². The van der Waals surface area contributed by atoms with Gasteiger partial charge >= 0.3 is 0 Å². The van der Waals surface area contributed by atoms with Crippen LogP contribution >= 0.6 is 0 Å². The van der Waals surface area contributed by atoms with E-state index in [9.17, 15) is 0 Å². The number of rotatable bonds is 9. The second-order valence-electron chi connectivity index (χ2n) is 11.0. The SMILES string of the molecule is c1ccc(COCC2(COCc3ccccc3)[C@H]3[C@@H]2[NH+]2[C@H]4CC[C@H](C4)N2[C@H]3c2ccccc2)cc1. The van der Waals surface area contributed by atoms with Gasteiger partial charge in [-0.2, -0.15) is 0 Å². The Balaban J connectivity index is 1.16. The van der Waals surface area contributed by atoms with Gasteiger partial charge in [0, 0.05) is 12.8 Å². The molecule has 35 heavy (non-hydrogen) atoms. The first-order valence-electron chi connectivity index (χ1n) is 13.3. The monoisotopic (exact) mass is 467 g/mol. The van der Waals surface area contributed by atoms with E-state index in [1.165, 1.54) is 36.0 Å². The fraction of sp³-hybridized carbons (Fsp3) is 0.419. The zero-order valence-corrected chi connectivity index (χ0v) is 20.3. The molecule has 2 saturated heterocycles. The lowest BCUT2D eigenvalue weighted by Gasteiger charge is -2.39. The Morgan fingerprint density at radius 3 is 1.91 bits per heavy atom. The molecule has 2 heterocycles. The van der Waals surface area contributed by atoms with Crippen molar-refractivity contribution in [2.45, 2.75) is 56.6 Å². The number of nitrogens with zero attached hydrogens (tertiary/aromatic N) is 1. The number of quaternary nitrogens is 1. The van der Waals surface area contributed by atoms with Crippen molar-refractivity contribution >= 4 is 0 Å². The quantitative estimate of drug-likeness (QED) is 0.511. The van der Waals surface area contributed by atoms with Crippen LogP contribution in [0.2, 0.25) is 0 Å². The fourth-order valence-electron chi connectivity index (χ4n) is 7.67. The standard InChI is InChI=1S/C31H34N2O2/c1-4-10-23(11-5-1)19-34-21-31(22-35-20-24-12-6-2-7-13-24)28-29(25-14-8-3-9-15-25)32-26-16-17-27(18-26)33(32)30(28)31/h1-15,26-30H,16-22H2/p+1/t26-,27+,28-,29+,30+/m1/s1. The zero-order valence-electron chi connectivity index (χ0n) is 20.3. The smallest absolute Gasteiger partial charge is 0.122 e. The summed E-state index contributed by atoms with van der Waals surface area (Å²) in [5.74, 6) is 0.579. The summed E-state index contributed by atoms with van der Waals surface area (Å²) < 4.78 is 13.0. The van der Waals surface area contributed by atoms with Gasteiger partial charge < -0.3 is 9.47 Å². The van der Waals surface area contributed by atoms with Crippen molar-refractivity contribution in [3.05, 3.63) is 108 Å². The van der Waals surface area contributed by atoms with Crippen LogP contribution in [0.1, 0.15) is 42.0 Å². The minimum atomic E-state index is 0.0698.